The van der Waals surface area contributed by atoms with Crippen molar-refractivity contribution in [2.45, 2.75) is 19.4 Å². The summed E-state index contributed by atoms with van der Waals surface area (Å²) >= 11 is 1.50. The molecule has 1 unspecified atom stereocenters. The van der Waals surface area contributed by atoms with Gasteiger partial charge in [-0.2, -0.15) is 0 Å². The molecule has 2 fully saturated rings. The van der Waals surface area contributed by atoms with Crippen LogP contribution in [-0.4, -0.2) is 61.1 Å². The topological polar surface area (TPSA) is 71.3 Å². The lowest BCUT2D eigenvalue weighted by molar-refractivity contribution is -0.908. The molecule has 2 saturated heterocycles. The van der Waals surface area contributed by atoms with Gasteiger partial charge in [0.25, 0.3) is 11.7 Å². The zero-order valence-electron chi connectivity index (χ0n) is 17.1. The second-order valence-corrected chi connectivity index (χ2v) is 8.82. The number of quaternary nitrogens is 1. The number of amides is 1. The number of aliphatic hydroxyl groups excluding tert-OH is 1. The van der Waals surface area contributed by atoms with E-state index in [0.717, 1.165) is 49.7 Å². The van der Waals surface area contributed by atoms with E-state index in [0.29, 0.717) is 12.1 Å². The first-order valence-corrected chi connectivity index (χ1v) is 11.2. The van der Waals surface area contributed by atoms with Crippen molar-refractivity contribution in [2.75, 3.05) is 39.4 Å². The standard InChI is InChI=1S/C23H26N2O4S/c1-16-5-7-17(8-6-16)21(26)19-20(18-4-2-15-30-18)25(23(28)22(19)27)10-3-9-24-11-13-29-14-12-24/h2,4-8,15,20,26H,3,9-14H2,1H3/p+1. The molecule has 2 aromatic rings. The molecule has 158 valence electrons. The number of ketones is 1. The molecule has 0 spiro atoms. The molecule has 1 atom stereocenters. The number of hydrogen-bond acceptors (Lipinski definition) is 5. The van der Waals surface area contributed by atoms with Crippen LogP contribution in [0, 0.1) is 6.92 Å². The van der Waals surface area contributed by atoms with Gasteiger partial charge in [0.05, 0.1) is 31.4 Å². The summed E-state index contributed by atoms with van der Waals surface area (Å²) in [6.07, 6.45) is 0.800. The highest BCUT2D eigenvalue weighted by atomic mass is 32.1. The summed E-state index contributed by atoms with van der Waals surface area (Å²) in [5.41, 5.74) is 1.80. The molecule has 2 N–H and O–H groups in total. The van der Waals surface area contributed by atoms with E-state index in [4.69, 9.17) is 4.74 Å². The van der Waals surface area contributed by atoms with Gasteiger partial charge in [-0.1, -0.05) is 35.9 Å². The third kappa shape index (κ3) is 4.19. The Morgan fingerprint density at radius 1 is 1.20 bits per heavy atom. The molecule has 2 aliphatic rings. The third-order valence-electron chi connectivity index (χ3n) is 5.81. The first-order chi connectivity index (χ1) is 14.6. The molecule has 3 heterocycles. The van der Waals surface area contributed by atoms with Crippen LogP contribution in [0.15, 0.2) is 47.4 Å². The Labute approximate surface area is 180 Å². The molecular weight excluding hydrogens is 400 g/mol. The van der Waals surface area contributed by atoms with Crippen molar-refractivity contribution in [2.24, 2.45) is 0 Å². The smallest absolute Gasteiger partial charge is 0.295 e. The van der Waals surface area contributed by atoms with E-state index in [2.05, 4.69) is 0 Å². The van der Waals surface area contributed by atoms with E-state index >= 15 is 0 Å². The Morgan fingerprint density at radius 3 is 2.60 bits per heavy atom. The highest BCUT2D eigenvalue weighted by molar-refractivity contribution is 7.10. The van der Waals surface area contributed by atoms with Crippen LogP contribution in [-0.2, 0) is 14.3 Å². The number of aryl methyl sites for hydroxylation is 1. The minimum absolute atomic E-state index is 0.104. The van der Waals surface area contributed by atoms with Crippen LogP contribution in [0.3, 0.4) is 0 Å². The zero-order chi connectivity index (χ0) is 21.1. The first kappa shape index (κ1) is 20.8. The lowest BCUT2D eigenvalue weighted by atomic mass is 9.99. The van der Waals surface area contributed by atoms with Crippen molar-refractivity contribution in [3.8, 4) is 0 Å². The highest BCUT2D eigenvalue weighted by Crippen LogP contribution is 2.41. The zero-order valence-corrected chi connectivity index (χ0v) is 17.9. The number of nitrogens with zero attached hydrogens (tertiary/aromatic N) is 1. The number of morpholine rings is 1. The maximum Gasteiger partial charge on any atom is 0.295 e. The molecule has 0 bridgehead atoms. The Bertz CT molecular complexity index is 931. The maximum absolute atomic E-state index is 12.9. The second kappa shape index (κ2) is 9.12. The summed E-state index contributed by atoms with van der Waals surface area (Å²) in [5, 5.41) is 12.9. The Morgan fingerprint density at radius 2 is 1.93 bits per heavy atom. The van der Waals surface area contributed by atoms with Gasteiger partial charge in [-0.05, 0) is 18.4 Å². The average molecular weight is 428 g/mol. The summed E-state index contributed by atoms with van der Waals surface area (Å²) in [5.74, 6) is -1.24. The Balaban J connectivity index is 1.61. The predicted octanol–water partition coefficient (Wildman–Crippen LogP) is 1.78. The largest absolute Gasteiger partial charge is 0.507 e. The molecule has 7 heteroatoms. The number of benzene rings is 1. The number of hydrogen-bond donors (Lipinski definition) is 2. The Kier molecular flexibility index (Phi) is 6.32. The van der Waals surface area contributed by atoms with Crippen molar-refractivity contribution >= 4 is 28.8 Å². The third-order valence-corrected chi connectivity index (χ3v) is 6.73. The molecule has 30 heavy (non-hydrogen) atoms. The van der Waals surface area contributed by atoms with Crippen molar-refractivity contribution in [3.05, 3.63) is 63.4 Å². The second-order valence-electron chi connectivity index (χ2n) is 7.84. The van der Waals surface area contributed by atoms with Crippen LogP contribution in [0.1, 0.15) is 28.5 Å². The number of rotatable bonds is 6. The summed E-state index contributed by atoms with van der Waals surface area (Å²) in [4.78, 5) is 29.8. The van der Waals surface area contributed by atoms with Crippen molar-refractivity contribution < 1.29 is 24.3 Å². The summed E-state index contributed by atoms with van der Waals surface area (Å²) in [7, 11) is 0. The number of nitrogens with one attached hydrogen (secondary N) is 1. The van der Waals surface area contributed by atoms with E-state index in [1.165, 1.54) is 16.2 Å². The average Bonchev–Trinajstić information content (AvgIpc) is 3.37. The number of thiophene rings is 1. The quantitative estimate of drug-likeness (QED) is 0.419. The van der Waals surface area contributed by atoms with E-state index in [1.54, 1.807) is 17.0 Å². The Hall–Kier alpha value is -2.48. The van der Waals surface area contributed by atoms with E-state index in [1.807, 2.05) is 36.6 Å². The van der Waals surface area contributed by atoms with Crippen LogP contribution in [0.4, 0.5) is 0 Å². The lowest BCUT2D eigenvalue weighted by Crippen LogP contribution is -3.14. The molecule has 0 saturated carbocycles. The minimum atomic E-state index is -0.606. The van der Waals surface area contributed by atoms with Gasteiger partial charge in [-0.25, -0.2) is 0 Å². The number of aliphatic hydroxyl groups is 1. The van der Waals surface area contributed by atoms with Gasteiger partial charge in [0.15, 0.2) is 0 Å². The molecular formula is C23H27N2O4S+. The molecule has 1 amide bonds. The molecule has 1 aromatic carbocycles. The van der Waals surface area contributed by atoms with Crippen LogP contribution < -0.4 is 4.90 Å². The van der Waals surface area contributed by atoms with Crippen molar-refractivity contribution in [1.82, 2.24) is 4.90 Å². The highest BCUT2D eigenvalue weighted by Gasteiger charge is 2.46. The normalized spacial score (nSPS) is 22.0. The van der Waals surface area contributed by atoms with E-state index in [9.17, 15) is 14.7 Å². The van der Waals surface area contributed by atoms with Gasteiger partial charge < -0.3 is 19.6 Å². The minimum Gasteiger partial charge on any atom is -0.507 e. The van der Waals surface area contributed by atoms with Gasteiger partial charge in [0.2, 0.25) is 0 Å². The van der Waals surface area contributed by atoms with Gasteiger partial charge in [-0.3, -0.25) is 9.59 Å². The molecule has 0 aliphatic carbocycles. The first-order valence-electron chi connectivity index (χ1n) is 10.4. The van der Waals surface area contributed by atoms with E-state index < -0.39 is 17.7 Å². The molecule has 6 nitrogen and oxygen atoms in total. The fourth-order valence-corrected chi connectivity index (χ4v) is 4.98. The molecule has 4 rings (SSSR count). The summed E-state index contributed by atoms with van der Waals surface area (Å²) in [6, 6.07) is 10.6. The molecule has 2 aliphatic heterocycles. The number of ether oxygens (including phenoxy) is 1. The van der Waals surface area contributed by atoms with Gasteiger partial charge in [0, 0.05) is 23.4 Å². The molecule has 0 radical (unpaired) electrons. The maximum atomic E-state index is 12.9. The van der Waals surface area contributed by atoms with Crippen LogP contribution >= 0.6 is 11.3 Å². The predicted molar refractivity (Wildman–Crippen MR) is 116 cm³/mol. The summed E-state index contributed by atoms with van der Waals surface area (Å²) < 4.78 is 5.40. The fraction of sp³-hybridized carbons (Fsp3) is 0.391. The number of Topliss-reactive ketones (excluding diaryl/α,β-unsaturated/α-hetero) is 1. The fourth-order valence-electron chi connectivity index (χ4n) is 4.13. The van der Waals surface area contributed by atoms with Gasteiger partial charge in [0.1, 0.15) is 18.8 Å². The van der Waals surface area contributed by atoms with Crippen molar-refractivity contribution in [3.63, 3.8) is 0 Å². The van der Waals surface area contributed by atoms with Crippen molar-refractivity contribution in [1.29, 1.82) is 0 Å². The molecule has 1 aromatic heterocycles. The van der Waals surface area contributed by atoms with Gasteiger partial charge >= 0.3 is 0 Å². The number of likely N-dealkylation sites (tertiary alicyclic amines) is 1. The monoisotopic (exact) mass is 427 g/mol. The van der Waals surface area contributed by atoms with Crippen LogP contribution in [0.5, 0.6) is 0 Å². The van der Waals surface area contributed by atoms with E-state index in [-0.39, 0.29) is 11.3 Å². The summed E-state index contributed by atoms with van der Waals surface area (Å²) in [6.45, 7) is 6.87. The lowest BCUT2D eigenvalue weighted by Gasteiger charge is -2.27. The van der Waals surface area contributed by atoms with Gasteiger partial charge in [-0.15, -0.1) is 11.3 Å². The van der Waals surface area contributed by atoms with Crippen LogP contribution in [0.25, 0.3) is 5.76 Å². The number of carbonyl (C=O) groups is 2. The number of carbonyl (C=O) groups excluding carboxylic acids is 2. The van der Waals surface area contributed by atoms with Crippen LogP contribution in [0.2, 0.25) is 0 Å². The SMILES string of the molecule is Cc1ccc(C(O)=C2C(=O)C(=O)N(CCC[NH+]3CCOCC3)C2c2cccs2)cc1.